The summed E-state index contributed by atoms with van der Waals surface area (Å²) < 4.78 is 21.1. The zero-order valence-corrected chi connectivity index (χ0v) is 17.5. The molecule has 4 aromatic rings. The Labute approximate surface area is 180 Å². The molecule has 0 saturated carbocycles. The number of benzene rings is 1. The third-order valence-corrected chi connectivity index (χ3v) is 5.24. The molecule has 0 fully saturated rings. The minimum Gasteiger partial charge on any atom is -0.458 e. The number of aromatic nitrogens is 3. The maximum absolute atomic E-state index is 14.1. The average molecular weight is 439 g/mol. The predicted molar refractivity (Wildman–Crippen MR) is 114 cm³/mol. The van der Waals surface area contributed by atoms with Gasteiger partial charge in [-0.2, -0.15) is 5.10 Å². The van der Waals surface area contributed by atoms with Crippen molar-refractivity contribution in [2.45, 2.75) is 20.4 Å². The van der Waals surface area contributed by atoms with Crippen LogP contribution in [0.25, 0.3) is 17.1 Å². The van der Waals surface area contributed by atoms with Gasteiger partial charge in [0.05, 0.1) is 24.0 Å². The van der Waals surface area contributed by atoms with E-state index in [1.165, 1.54) is 35.2 Å². The first-order chi connectivity index (χ1) is 14.9. The van der Waals surface area contributed by atoms with E-state index in [2.05, 4.69) is 20.7 Å². The van der Waals surface area contributed by atoms with E-state index >= 15 is 0 Å². The molecule has 3 heterocycles. The van der Waals surface area contributed by atoms with Gasteiger partial charge in [0, 0.05) is 12.3 Å². The Bertz CT molecular complexity index is 1260. The average Bonchev–Trinajstić information content (AvgIpc) is 3.46. The second kappa shape index (κ2) is 8.52. The van der Waals surface area contributed by atoms with Crippen LogP contribution in [0.5, 0.6) is 0 Å². The van der Waals surface area contributed by atoms with Gasteiger partial charge in [-0.15, -0.1) is 11.3 Å². The van der Waals surface area contributed by atoms with Crippen LogP contribution in [0.3, 0.4) is 0 Å². The number of carbonyl (C=O) groups is 2. The summed E-state index contributed by atoms with van der Waals surface area (Å²) in [5, 5.41) is 11.7. The normalized spacial score (nSPS) is 10.8. The smallest absolute Gasteiger partial charge is 0.260 e. The number of nitrogens with zero attached hydrogens (tertiary/aromatic N) is 3. The van der Waals surface area contributed by atoms with E-state index in [1.807, 2.05) is 0 Å². The third-order valence-electron chi connectivity index (χ3n) is 4.49. The first-order valence-corrected chi connectivity index (χ1v) is 10.2. The molecule has 0 radical (unpaired) electrons. The molecule has 0 bridgehead atoms. The van der Waals surface area contributed by atoms with Gasteiger partial charge in [0.15, 0.2) is 10.9 Å². The van der Waals surface area contributed by atoms with Gasteiger partial charge in [-0.05, 0) is 31.2 Å². The van der Waals surface area contributed by atoms with Gasteiger partial charge in [-0.3, -0.25) is 14.9 Å². The third kappa shape index (κ3) is 4.38. The quantitative estimate of drug-likeness (QED) is 0.474. The van der Waals surface area contributed by atoms with Crippen molar-refractivity contribution in [1.29, 1.82) is 0 Å². The van der Waals surface area contributed by atoms with Crippen LogP contribution >= 0.6 is 11.3 Å². The van der Waals surface area contributed by atoms with E-state index in [4.69, 9.17) is 4.42 Å². The number of thiazole rings is 1. The van der Waals surface area contributed by atoms with Crippen molar-refractivity contribution in [3.63, 3.8) is 0 Å². The number of halogens is 1. The molecule has 3 aromatic heterocycles. The van der Waals surface area contributed by atoms with Gasteiger partial charge < -0.3 is 9.73 Å². The molecule has 31 heavy (non-hydrogen) atoms. The lowest BCUT2D eigenvalue weighted by atomic mass is 10.2. The summed E-state index contributed by atoms with van der Waals surface area (Å²) in [7, 11) is 0. The minimum absolute atomic E-state index is 0.148. The predicted octanol–water partition coefficient (Wildman–Crippen LogP) is 3.92. The highest BCUT2D eigenvalue weighted by molar-refractivity contribution is 7.14. The molecule has 0 saturated heterocycles. The Morgan fingerprint density at radius 3 is 2.81 bits per heavy atom. The Morgan fingerprint density at radius 1 is 1.23 bits per heavy atom. The Hall–Kier alpha value is -3.79. The Morgan fingerprint density at radius 2 is 2.03 bits per heavy atom. The first kappa shape index (κ1) is 20.5. The Kier molecular flexibility index (Phi) is 5.63. The summed E-state index contributed by atoms with van der Waals surface area (Å²) in [5.74, 6) is 0.152. The van der Waals surface area contributed by atoms with Crippen LogP contribution < -0.4 is 10.6 Å². The maximum atomic E-state index is 14.1. The van der Waals surface area contributed by atoms with Gasteiger partial charge in [0.2, 0.25) is 5.91 Å². The summed E-state index contributed by atoms with van der Waals surface area (Å²) in [5.41, 5.74) is 1.65. The van der Waals surface area contributed by atoms with Crippen LogP contribution in [-0.4, -0.2) is 26.6 Å². The number of nitrogens with one attached hydrogen (secondary N) is 2. The zero-order chi connectivity index (χ0) is 22.0. The van der Waals surface area contributed by atoms with Crippen LogP contribution in [0.4, 0.5) is 9.52 Å². The number of rotatable bonds is 6. The lowest BCUT2D eigenvalue weighted by molar-refractivity contribution is -0.119. The molecule has 158 valence electrons. The van der Waals surface area contributed by atoms with Crippen LogP contribution in [0.2, 0.25) is 0 Å². The zero-order valence-electron chi connectivity index (χ0n) is 16.7. The summed E-state index contributed by atoms with van der Waals surface area (Å²) >= 11 is 1.25. The Balaban J connectivity index is 1.48. The number of amides is 2. The summed E-state index contributed by atoms with van der Waals surface area (Å²) in [6.45, 7) is 3.41. The van der Waals surface area contributed by atoms with Crippen molar-refractivity contribution in [3.8, 4) is 17.1 Å². The van der Waals surface area contributed by atoms with E-state index in [-0.39, 0.29) is 18.1 Å². The van der Waals surface area contributed by atoms with E-state index < -0.39 is 11.7 Å². The van der Waals surface area contributed by atoms with Crippen molar-refractivity contribution >= 4 is 28.3 Å². The van der Waals surface area contributed by atoms with Crippen LogP contribution in [0, 0.1) is 12.7 Å². The second-order valence-corrected chi connectivity index (χ2v) is 7.53. The molecule has 1 aromatic carbocycles. The van der Waals surface area contributed by atoms with Gasteiger partial charge in [0.1, 0.15) is 23.0 Å². The number of hydrogen-bond donors (Lipinski definition) is 2. The molecule has 0 aliphatic rings. The number of para-hydroxylation sites is 1. The van der Waals surface area contributed by atoms with Gasteiger partial charge in [0.25, 0.3) is 5.91 Å². The minimum atomic E-state index is -0.429. The van der Waals surface area contributed by atoms with Crippen molar-refractivity contribution < 1.29 is 18.4 Å². The van der Waals surface area contributed by atoms with Crippen molar-refractivity contribution in [2.24, 2.45) is 0 Å². The summed E-state index contributed by atoms with van der Waals surface area (Å²) in [6.07, 6.45) is 1.40. The molecule has 4 rings (SSSR count). The van der Waals surface area contributed by atoms with E-state index in [9.17, 15) is 14.0 Å². The topological polar surface area (TPSA) is 102 Å². The van der Waals surface area contributed by atoms with Crippen molar-refractivity contribution in [2.75, 3.05) is 5.32 Å². The molecule has 0 spiro atoms. The number of furan rings is 1. The number of carbonyl (C=O) groups excluding carboxylic acids is 2. The van der Waals surface area contributed by atoms with E-state index in [0.29, 0.717) is 33.6 Å². The molecule has 10 heteroatoms. The summed E-state index contributed by atoms with van der Waals surface area (Å²) in [6, 6.07) is 9.72. The molecule has 0 unspecified atom stereocenters. The van der Waals surface area contributed by atoms with Crippen LogP contribution in [-0.2, 0) is 11.3 Å². The summed E-state index contributed by atoms with van der Waals surface area (Å²) in [4.78, 5) is 28.1. The molecule has 8 nitrogen and oxygen atoms in total. The fourth-order valence-electron chi connectivity index (χ4n) is 2.93. The van der Waals surface area contributed by atoms with Gasteiger partial charge in [-0.25, -0.2) is 14.1 Å². The SMILES string of the molecule is CC(=O)NCc1ccc(-c2csc(NC(=O)c3cnn(-c4ccccc4F)c3C)n2)o1. The highest BCUT2D eigenvalue weighted by Crippen LogP contribution is 2.27. The van der Waals surface area contributed by atoms with Crippen LogP contribution in [0.1, 0.15) is 28.7 Å². The standard InChI is InChI=1S/C21H18FN5O3S/c1-12-15(10-24-27(12)18-6-4-3-5-16(18)22)20(29)26-21-25-17(11-31-21)19-8-7-14(30-19)9-23-13(2)28/h3-8,10-11H,9H2,1-2H3,(H,23,28)(H,25,26,29). The molecule has 0 atom stereocenters. The molecular weight excluding hydrogens is 421 g/mol. The number of hydrogen-bond acceptors (Lipinski definition) is 6. The lowest BCUT2D eigenvalue weighted by Crippen LogP contribution is -2.18. The fraction of sp³-hybridized carbons (Fsp3) is 0.143. The molecule has 2 N–H and O–H groups in total. The monoisotopic (exact) mass is 439 g/mol. The highest BCUT2D eigenvalue weighted by atomic mass is 32.1. The maximum Gasteiger partial charge on any atom is 0.260 e. The first-order valence-electron chi connectivity index (χ1n) is 9.32. The highest BCUT2D eigenvalue weighted by Gasteiger charge is 2.18. The van der Waals surface area contributed by atoms with Crippen molar-refractivity contribution in [3.05, 3.63) is 70.8 Å². The lowest BCUT2D eigenvalue weighted by Gasteiger charge is -2.06. The van der Waals surface area contributed by atoms with E-state index in [0.717, 1.165) is 0 Å². The largest absolute Gasteiger partial charge is 0.458 e. The molecule has 0 aliphatic heterocycles. The number of anilines is 1. The van der Waals surface area contributed by atoms with Gasteiger partial charge in [-0.1, -0.05) is 12.1 Å². The van der Waals surface area contributed by atoms with Crippen molar-refractivity contribution in [1.82, 2.24) is 20.1 Å². The molecule has 2 amide bonds. The second-order valence-electron chi connectivity index (χ2n) is 6.67. The fourth-order valence-corrected chi connectivity index (χ4v) is 3.62. The molecule has 0 aliphatic carbocycles. The molecular formula is C21H18FN5O3S. The van der Waals surface area contributed by atoms with E-state index in [1.54, 1.807) is 42.6 Å². The van der Waals surface area contributed by atoms with Gasteiger partial charge >= 0.3 is 0 Å². The van der Waals surface area contributed by atoms with Crippen LogP contribution in [0.15, 0.2) is 52.4 Å².